The van der Waals surface area contributed by atoms with E-state index in [1.54, 1.807) is 67.6 Å². The molecule has 0 aliphatic heterocycles. The third-order valence-electron chi connectivity index (χ3n) is 4.39. The van der Waals surface area contributed by atoms with Crippen molar-refractivity contribution in [3.63, 3.8) is 0 Å². The number of benzene rings is 3. The molecule has 3 aromatic rings. The van der Waals surface area contributed by atoms with Gasteiger partial charge in [0.25, 0.3) is 10.0 Å². The van der Waals surface area contributed by atoms with Crippen LogP contribution in [0, 0.1) is 0 Å². The van der Waals surface area contributed by atoms with Crippen LogP contribution >= 0.6 is 11.6 Å². The van der Waals surface area contributed by atoms with Gasteiger partial charge in [0, 0.05) is 22.8 Å². The highest BCUT2D eigenvalue weighted by Crippen LogP contribution is 2.24. The van der Waals surface area contributed by atoms with Gasteiger partial charge < -0.3 is 5.32 Å². The van der Waals surface area contributed by atoms with E-state index in [2.05, 4.69) is 5.32 Å². The maximum atomic E-state index is 13.0. The van der Waals surface area contributed by atoms with Gasteiger partial charge in [-0.15, -0.1) is 0 Å². The lowest BCUT2D eigenvalue weighted by atomic mass is 10.1. The molecule has 7 heteroatoms. The lowest BCUT2D eigenvalue weighted by molar-refractivity contribution is 0.101. The number of nitrogens with zero attached hydrogens (tertiary/aromatic N) is 1. The summed E-state index contributed by atoms with van der Waals surface area (Å²) in [6, 6.07) is 22.0. The molecule has 0 saturated heterocycles. The molecule has 0 bridgehead atoms. The molecule has 29 heavy (non-hydrogen) atoms. The van der Waals surface area contributed by atoms with E-state index >= 15 is 0 Å². The second kappa shape index (κ2) is 9.11. The molecule has 0 spiro atoms. The van der Waals surface area contributed by atoms with E-state index in [0.717, 1.165) is 0 Å². The highest BCUT2D eigenvalue weighted by molar-refractivity contribution is 7.92. The molecule has 0 radical (unpaired) electrons. The van der Waals surface area contributed by atoms with Crippen molar-refractivity contribution < 1.29 is 13.2 Å². The van der Waals surface area contributed by atoms with Crippen molar-refractivity contribution in [2.75, 3.05) is 22.7 Å². The van der Waals surface area contributed by atoms with E-state index in [-0.39, 0.29) is 17.2 Å². The van der Waals surface area contributed by atoms with Crippen molar-refractivity contribution in [3.8, 4) is 0 Å². The Morgan fingerprint density at radius 1 is 0.931 bits per heavy atom. The topological polar surface area (TPSA) is 66.5 Å². The minimum absolute atomic E-state index is 0.0837. The monoisotopic (exact) mass is 428 g/mol. The van der Waals surface area contributed by atoms with Crippen LogP contribution in [0.1, 0.15) is 17.3 Å². The van der Waals surface area contributed by atoms with Crippen LogP contribution in [-0.4, -0.2) is 27.3 Å². The van der Waals surface area contributed by atoms with Crippen molar-refractivity contribution in [1.29, 1.82) is 0 Å². The summed E-state index contributed by atoms with van der Waals surface area (Å²) >= 11 is 5.83. The Morgan fingerprint density at radius 2 is 1.55 bits per heavy atom. The number of nitrogens with one attached hydrogen (secondary N) is 1. The largest absolute Gasteiger partial charge is 0.378 e. The molecule has 0 aliphatic rings. The molecule has 0 unspecified atom stereocenters. The van der Waals surface area contributed by atoms with E-state index in [0.29, 0.717) is 28.5 Å². The highest BCUT2D eigenvalue weighted by Gasteiger charge is 2.23. The minimum Gasteiger partial charge on any atom is -0.378 e. The number of Topliss-reactive ketones (excluding diaryl/α,β-unsaturated/α-hetero) is 1. The van der Waals surface area contributed by atoms with Crippen molar-refractivity contribution in [3.05, 3.63) is 89.4 Å². The third-order valence-corrected chi connectivity index (χ3v) is 6.56. The van der Waals surface area contributed by atoms with E-state index in [9.17, 15) is 13.2 Å². The second-order valence-electron chi connectivity index (χ2n) is 6.31. The number of rotatable bonds is 8. The average Bonchev–Trinajstić information content (AvgIpc) is 2.74. The number of carbonyl (C=O) groups is 1. The number of sulfonamides is 1. The maximum Gasteiger partial charge on any atom is 0.264 e. The van der Waals surface area contributed by atoms with Crippen molar-refractivity contribution >= 4 is 38.8 Å². The standard InChI is InChI=1S/C22H21ClN2O3S/c1-2-25(20-6-4-3-5-7-20)29(27,28)21-14-12-19(13-15-21)24-16-22(26)17-8-10-18(23)11-9-17/h3-15,24H,2,16H2,1H3. The number of carbonyl (C=O) groups excluding carboxylic acids is 1. The number of hydrogen-bond acceptors (Lipinski definition) is 4. The van der Waals surface area contributed by atoms with Gasteiger partial charge in [-0.25, -0.2) is 8.42 Å². The molecule has 0 aliphatic carbocycles. The maximum absolute atomic E-state index is 13.0. The van der Waals surface area contributed by atoms with Gasteiger partial charge in [0.1, 0.15) is 0 Å². The first kappa shape index (κ1) is 20.9. The van der Waals surface area contributed by atoms with Crippen LogP contribution < -0.4 is 9.62 Å². The number of hydrogen-bond donors (Lipinski definition) is 1. The molecule has 150 valence electrons. The first-order valence-electron chi connectivity index (χ1n) is 9.12. The fourth-order valence-corrected chi connectivity index (χ4v) is 4.48. The Balaban J connectivity index is 1.70. The fourth-order valence-electron chi connectivity index (χ4n) is 2.88. The van der Waals surface area contributed by atoms with Gasteiger partial charge in [0.15, 0.2) is 5.78 Å². The number of anilines is 2. The summed E-state index contributed by atoms with van der Waals surface area (Å²) in [6.07, 6.45) is 0. The van der Waals surface area contributed by atoms with Gasteiger partial charge in [-0.05, 0) is 67.6 Å². The smallest absolute Gasteiger partial charge is 0.264 e. The van der Waals surface area contributed by atoms with Crippen LogP contribution in [0.4, 0.5) is 11.4 Å². The van der Waals surface area contributed by atoms with Crippen LogP contribution in [-0.2, 0) is 10.0 Å². The molecular formula is C22H21ClN2O3S. The number of para-hydroxylation sites is 1. The van der Waals surface area contributed by atoms with Crippen LogP contribution in [0.5, 0.6) is 0 Å². The van der Waals surface area contributed by atoms with Gasteiger partial charge in [-0.2, -0.15) is 0 Å². The Bertz CT molecular complexity index is 1070. The molecule has 3 rings (SSSR count). The van der Waals surface area contributed by atoms with Crippen LogP contribution in [0.15, 0.2) is 83.8 Å². The predicted octanol–water partition coefficient (Wildman–Crippen LogP) is 4.85. The highest BCUT2D eigenvalue weighted by atomic mass is 35.5. The van der Waals surface area contributed by atoms with Gasteiger partial charge in [-0.1, -0.05) is 29.8 Å². The molecule has 0 fully saturated rings. The Morgan fingerprint density at radius 3 is 2.14 bits per heavy atom. The molecule has 5 nitrogen and oxygen atoms in total. The third kappa shape index (κ3) is 4.96. The van der Waals surface area contributed by atoms with Crippen LogP contribution in [0.2, 0.25) is 5.02 Å². The van der Waals surface area contributed by atoms with Gasteiger partial charge in [0.05, 0.1) is 17.1 Å². The molecule has 3 aromatic carbocycles. The summed E-state index contributed by atoms with van der Waals surface area (Å²) in [5.74, 6) is -0.0837. The summed E-state index contributed by atoms with van der Waals surface area (Å²) in [4.78, 5) is 12.4. The van der Waals surface area contributed by atoms with E-state index in [1.807, 2.05) is 6.07 Å². The Labute approximate surface area is 176 Å². The van der Waals surface area contributed by atoms with Crippen LogP contribution in [0.3, 0.4) is 0 Å². The van der Waals surface area contributed by atoms with E-state index in [4.69, 9.17) is 11.6 Å². The molecule has 0 amide bonds. The zero-order valence-corrected chi connectivity index (χ0v) is 17.5. The molecule has 1 N–H and O–H groups in total. The molecule has 0 atom stereocenters. The lowest BCUT2D eigenvalue weighted by Gasteiger charge is -2.23. The zero-order chi connectivity index (χ0) is 20.9. The van der Waals surface area contributed by atoms with E-state index in [1.165, 1.54) is 16.4 Å². The van der Waals surface area contributed by atoms with Crippen molar-refractivity contribution in [2.45, 2.75) is 11.8 Å². The Kier molecular flexibility index (Phi) is 6.56. The SMILES string of the molecule is CCN(c1ccccc1)S(=O)(=O)c1ccc(NCC(=O)c2ccc(Cl)cc2)cc1. The summed E-state index contributed by atoms with van der Waals surface area (Å²) in [6.45, 7) is 2.21. The predicted molar refractivity (Wildman–Crippen MR) is 117 cm³/mol. The quantitative estimate of drug-likeness (QED) is 0.521. The van der Waals surface area contributed by atoms with Gasteiger partial charge in [0.2, 0.25) is 0 Å². The first-order chi connectivity index (χ1) is 13.9. The van der Waals surface area contributed by atoms with Gasteiger partial charge >= 0.3 is 0 Å². The number of halogens is 1. The van der Waals surface area contributed by atoms with E-state index < -0.39 is 10.0 Å². The number of ketones is 1. The molecule has 0 aromatic heterocycles. The van der Waals surface area contributed by atoms with Crippen molar-refractivity contribution in [1.82, 2.24) is 0 Å². The summed E-state index contributed by atoms with van der Waals surface area (Å²) < 4.78 is 27.3. The molecule has 0 heterocycles. The fraction of sp³-hybridized carbons (Fsp3) is 0.136. The minimum atomic E-state index is -3.67. The van der Waals surface area contributed by atoms with Crippen molar-refractivity contribution in [2.24, 2.45) is 0 Å². The van der Waals surface area contributed by atoms with Crippen LogP contribution in [0.25, 0.3) is 0 Å². The molecular weight excluding hydrogens is 408 g/mol. The summed E-state index contributed by atoms with van der Waals surface area (Å²) in [5, 5.41) is 3.59. The Hall–Kier alpha value is -2.83. The molecule has 0 saturated carbocycles. The average molecular weight is 429 g/mol. The van der Waals surface area contributed by atoms with Gasteiger partial charge in [-0.3, -0.25) is 9.10 Å². The first-order valence-corrected chi connectivity index (χ1v) is 10.9. The second-order valence-corrected chi connectivity index (χ2v) is 8.61. The summed E-state index contributed by atoms with van der Waals surface area (Å²) in [7, 11) is -3.67. The normalized spacial score (nSPS) is 11.1. The zero-order valence-electron chi connectivity index (χ0n) is 15.9. The lowest BCUT2D eigenvalue weighted by Crippen LogP contribution is -2.30. The summed E-state index contributed by atoms with van der Waals surface area (Å²) in [5.41, 5.74) is 1.84.